The summed E-state index contributed by atoms with van der Waals surface area (Å²) in [7, 11) is 0. The molecule has 0 aliphatic carbocycles. The minimum Gasteiger partial charge on any atom is -0.378 e. The Kier molecular flexibility index (Phi) is 3.74. The minimum atomic E-state index is 0.257. The third-order valence-corrected chi connectivity index (χ3v) is 3.16. The van der Waals surface area contributed by atoms with Crippen LogP contribution in [0.5, 0.6) is 0 Å². The summed E-state index contributed by atoms with van der Waals surface area (Å²) in [5.41, 5.74) is 1.04. The number of para-hydroxylation sites is 1. The normalized spacial score (nSPS) is 18.6. The van der Waals surface area contributed by atoms with Gasteiger partial charge in [0.25, 0.3) is 0 Å². The lowest BCUT2D eigenvalue weighted by molar-refractivity contribution is 0.109. The molecule has 5 heteroatoms. The highest BCUT2D eigenvalue weighted by atomic mass is 16.5. The van der Waals surface area contributed by atoms with Crippen molar-refractivity contribution in [1.82, 2.24) is 10.1 Å². The average molecular weight is 259 g/mol. The second kappa shape index (κ2) is 5.84. The first-order valence-corrected chi connectivity index (χ1v) is 6.62. The van der Waals surface area contributed by atoms with Crippen molar-refractivity contribution in [2.75, 3.05) is 11.9 Å². The summed E-state index contributed by atoms with van der Waals surface area (Å²) in [6.45, 7) is 1.40. The molecule has 1 saturated heterocycles. The molecule has 1 aliphatic heterocycles. The third-order valence-electron chi connectivity index (χ3n) is 3.16. The number of rotatable bonds is 5. The van der Waals surface area contributed by atoms with Gasteiger partial charge in [-0.3, -0.25) is 0 Å². The van der Waals surface area contributed by atoms with Gasteiger partial charge < -0.3 is 14.6 Å². The van der Waals surface area contributed by atoms with E-state index in [2.05, 4.69) is 15.5 Å². The van der Waals surface area contributed by atoms with E-state index in [-0.39, 0.29) is 6.10 Å². The minimum absolute atomic E-state index is 0.257. The van der Waals surface area contributed by atoms with Gasteiger partial charge in [-0.1, -0.05) is 23.4 Å². The summed E-state index contributed by atoms with van der Waals surface area (Å²) in [6, 6.07) is 9.96. The zero-order chi connectivity index (χ0) is 12.9. The van der Waals surface area contributed by atoms with Gasteiger partial charge in [0.2, 0.25) is 5.89 Å². The third kappa shape index (κ3) is 3.32. The highest BCUT2D eigenvalue weighted by Gasteiger charge is 2.18. The number of ether oxygens (including phenoxy) is 1. The Morgan fingerprint density at radius 3 is 2.95 bits per heavy atom. The van der Waals surface area contributed by atoms with Crippen LogP contribution in [0.3, 0.4) is 0 Å². The fourth-order valence-corrected chi connectivity index (χ4v) is 2.19. The molecule has 2 aromatic rings. The van der Waals surface area contributed by atoms with Gasteiger partial charge in [-0.05, 0) is 25.0 Å². The summed E-state index contributed by atoms with van der Waals surface area (Å²) in [5.74, 6) is 1.34. The molecule has 1 unspecified atom stereocenters. The number of anilines is 1. The SMILES string of the molecule is c1ccc(NCc2nc(CC3CCCO3)no2)cc1. The summed E-state index contributed by atoms with van der Waals surface area (Å²) in [6.07, 6.45) is 3.22. The first-order valence-electron chi connectivity index (χ1n) is 6.62. The Morgan fingerprint density at radius 1 is 1.26 bits per heavy atom. The Balaban J connectivity index is 1.53. The van der Waals surface area contributed by atoms with Crippen LogP contribution in [0, 0.1) is 0 Å². The summed E-state index contributed by atoms with van der Waals surface area (Å²) in [5, 5.41) is 7.23. The number of nitrogens with one attached hydrogen (secondary N) is 1. The zero-order valence-electron chi connectivity index (χ0n) is 10.7. The van der Waals surface area contributed by atoms with E-state index in [0.29, 0.717) is 12.4 Å². The fraction of sp³-hybridized carbons (Fsp3) is 0.429. The van der Waals surface area contributed by atoms with Crippen LogP contribution in [0.25, 0.3) is 0 Å². The molecule has 1 aromatic carbocycles. The molecule has 1 aliphatic rings. The molecule has 100 valence electrons. The Labute approximate surface area is 112 Å². The van der Waals surface area contributed by atoms with Gasteiger partial charge in [-0.2, -0.15) is 4.98 Å². The Bertz CT molecular complexity index is 506. The van der Waals surface area contributed by atoms with Crippen LogP contribution >= 0.6 is 0 Å². The summed E-state index contributed by atoms with van der Waals surface area (Å²) in [4.78, 5) is 4.37. The van der Waals surface area contributed by atoms with Gasteiger partial charge in [0, 0.05) is 18.7 Å². The van der Waals surface area contributed by atoms with E-state index >= 15 is 0 Å². The monoisotopic (exact) mass is 259 g/mol. The lowest BCUT2D eigenvalue weighted by Gasteiger charge is -2.04. The quantitative estimate of drug-likeness (QED) is 0.893. The predicted octanol–water partition coefficient (Wildman–Crippen LogP) is 2.40. The van der Waals surface area contributed by atoms with Crippen molar-refractivity contribution in [3.63, 3.8) is 0 Å². The number of benzene rings is 1. The maximum atomic E-state index is 5.56. The van der Waals surface area contributed by atoms with E-state index in [0.717, 1.165) is 37.4 Å². The van der Waals surface area contributed by atoms with Gasteiger partial charge >= 0.3 is 0 Å². The largest absolute Gasteiger partial charge is 0.378 e. The van der Waals surface area contributed by atoms with E-state index in [1.165, 1.54) is 0 Å². The van der Waals surface area contributed by atoms with Crippen molar-refractivity contribution >= 4 is 5.69 Å². The van der Waals surface area contributed by atoms with Crippen molar-refractivity contribution in [3.8, 4) is 0 Å². The molecule has 1 fully saturated rings. The standard InChI is InChI=1S/C14H17N3O2/c1-2-5-11(6-3-1)15-10-14-16-13(17-19-14)9-12-7-4-8-18-12/h1-3,5-6,12,15H,4,7-10H2. The molecule has 3 rings (SSSR count). The van der Waals surface area contributed by atoms with Crippen molar-refractivity contribution in [2.24, 2.45) is 0 Å². The van der Waals surface area contributed by atoms with Crippen LogP contribution in [0.15, 0.2) is 34.9 Å². The number of hydrogen-bond acceptors (Lipinski definition) is 5. The van der Waals surface area contributed by atoms with Crippen LogP contribution in [-0.4, -0.2) is 22.9 Å². The maximum Gasteiger partial charge on any atom is 0.245 e. The molecule has 0 spiro atoms. The molecule has 2 heterocycles. The van der Waals surface area contributed by atoms with Crippen molar-refractivity contribution in [3.05, 3.63) is 42.0 Å². The second-order valence-corrected chi connectivity index (χ2v) is 4.66. The molecule has 0 bridgehead atoms. The Morgan fingerprint density at radius 2 is 2.16 bits per heavy atom. The first kappa shape index (κ1) is 12.2. The van der Waals surface area contributed by atoms with Crippen molar-refractivity contribution < 1.29 is 9.26 Å². The molecule has 5 nitrogen and oxygen atoms in total. The van der Waals surface area contributed by atoms with E-state index in [9.17, 15) is 0 Å². The van der Waals surface area contributed by atoms with Gasteiger partial charge in [0.05, 0.1) is 12.6 Å². The second-order valence-electron chi connectivity index (χ2n) is 4.66. The summed E-state index contributed by atoms with van der Waals surface area (Å²) >= 11 is 0. The number of hydrogen-bond donors (Lipinski definition) is 1. The molecule has 0 amide bonds. The zero-order valence-corrected chi connectivity index (χ0v) is 10.7. The Hall–Kier alpha value is -1.88. The van der Waals surface area contributed by atoms with Crippen LogP contribution in [0.2, 0.25) is 0 Å². The molecule has 1 N–H and O–H groups in total. The topological polar surface area (TPSA) is 60.2 Å². The molecule has 0 saturated carbocycles. The van der Waals surface area contributed by atoms with Gasteiger partial charge in [0.1, 0.15) is 0 Å². The lowest BCUT2D eigenvalue weighted by Crippen LogP contribution is -2.10. The average Bonchev–Trinajstić information content (AvgIpc) is 3.10. The summed E-state index contributed by atoms with van der Waals surface area (Å²) < 4.78 is 10.8. The van der Waals surface area contributed by atoms with E-state index in [4.69, 9.17) is 9.26 Å². The molecule has 1 aromatic heterocycles. The molecule has 0 radical (unpaired) electrons. The number of aromatic nitrogens is 2. The number of nitrogens with zero attached hydrogens (tertiary/aromatic N) is 2. The van der Waals surface area contributed by atoms with Crippen molar-refractivity contribution in [2.45, 2.75) is 31.9 Å². The van der Waals surface area contributed by atoms with Crippen LogP contribution in [0.1, 0.15) is 24.6 Å². The van der Waals surface area contributed by atoms with E-state index < -0.39 is 0 Å². The predicted molar refractivity (Wildman–Crippen MR) is 70.7 cm³/mol. The molecule has 19 heavy (non-hydrogen) atoms. The fourth-order valence-electron chi connectivity index (χ4n) is 2.19. The molecular formula is C14H17N3O2. The smallest absolute Gasteiger partial charge is 0.245 e. The molecule has 1 atom stereocenters. The first-order chi connectivity index (χ1) is 9.40. The van der Waals surface area contributed by atoms with Gasteiger partial charge in [-0.25, -0.2) is 0 Å². The van der Waals surface area contributed by atoms with Gasteiger partial charge in [0.15, 0.2) is 5.82 Å². The van der Waals surface area contributed by atoms with Gasteiger partial charge in [-0.15, -0.1) is 0 Å². The van der Waals surface area contributed by atoms with Crippen molar-refractivity contribution in [1.29, 1.82) is 0 Å². The van der Waals surface area contributed by atoms with E-state index in [1.54, 1.807) is 0 Å². The van der Waals surface area contributed by atoms with E-state index in [1.807, 2.05) is 30.3 Å². The van der Waals surface area contributed by atoms with Crippen LogP contribution in [-0.2, 0) is 17.7 Å². The van der Waals surface area contributed by atoms with Crippen LogP contribution < -0.4 is 5.32 Å². The molecular weight excluding hydrogens is 242 g/mol. The highest BCUT2D eigenvalue weighted by Crippen LogP contribution is 2.16. The van der Waals surface area contributed by atoms with Crippen LogP contribution in [0.4, 0.5) is 5.69 Å². The maximum absolute atomic E-state index is 5.56. The lowest BCUT2D eigenvalue weighted by atomic mass is 10.2. The highest BCUT2D eigenvalue weighted by molar-refractivity contribution is 5.42.